The van der Waals surface area contributed by atoms with Gasteiger partial charge in [0.2, 0.25) is 0 Å². The maximum Gasteiger partial charge on any atom is 0.433 e. The zero-order valence-corrected chi connectivity index (χ0v) is 9.12. The lowest BCUT2D eigenvalue weighted by Crippen LogP contribution is -2.43. The summed E-state index contributed by atoms with van der Waals surface area (Å²) in [5.74, 6) is -1.29. The van der Waals surface area contributed by atoms with Crippen LogP contribution in [0.4, 0.5) is 5.88 Å². The van der Waals surface area contributed by atoms with Crippen LogP contribution in [0.1, 0.15) is 17.5 Å². The number of carbonyl (C=O) groups excluding carboxylic acids is 1. The normalized spacial score (nSPS) is 14.1. The van der Waals surface area contributed by atoms with Gasteiger partial charge in [0, 0.05) is 12.6 Å². The van der Waals surface area contributed by atoms with Crippen LogP contribution in [0.3, 0.4) is 0 Å². The number of aliphatic hydroxyl groups excluding tert-OH is 1. The fourth-order valence-electron chi connectivity index (χ4n) is 1.02. The van der Waals surface area contributed by atoms with E-state index < -0.39 is 28.9 Å². The van der Waals surface area contributed by atoms with Crippen LogP contribution in [0.5, 0.6) is 0 Å². The quantitative estimate of drug-likeness (QED) is 0.477. The molecule has 1 rings (SSSR count). The zero-order valence-electron chi connectivity index (χ0n) is 9.12. The SMILES string of the molecule is CC(O)C(N)CNC(=O)c1ccc([N+](=O)[O-])o1. The number of carbonyl (C=O) groups is 1. The van der Waals surface area contributed by atoms with Gasteiger partial charge in [0.15, 0.2) is 5.76 Å². The summed E-state index contributed by atoms with van der Waals surface area (Å²) in [6, 6.07) is 1.68. The van der Waals surface area contributed by atoms with Gasteiger partial charge in [-0.3, -0.25) is 14.9 Å². The fourth-order valence-corrected chi connectivity index (χ4v) is 1.02. The van der Waals surface area contributed by atoms with E-state index in [2.05, 4.69) is 9.73 Å². The second kappa shape index (κ2) is 5.41. The molecule has 8 nitrogen and oxygen atoms in total. The molecule has 1 aromatic heterocycles. The van der Waals surface area contributed by atoms with Gasteiger partial charge in [-0.1, -0.05) is 0 Å². The molecule has 0 aliphatic rings. The van der Waals surface area contributed by atoms with Gasteiger partial charge in [0.1, 0.15) is 4.92 Å². The molecule has 94 valence electrons. The maximum absolute atomic E-state index is 11.4. The standard InChI is InChI=1S/C9H13N3O5/c1-5(13)6(10)4-11-9(14)7-2-3-8(17-7)12(15)16/h2-3,5-6,13H,4,10H2,1H3,(H,11,14). The van der Waals surface area contributed by atoms with Gasteiger partial charge in [-0.25, -0.2) is 0 Å². The first-order valence-electron chi connectivity index (χ1n) is 4.88. The number of amides is 1. The minimum atomic E-state index is -0.763. The van der Waals surface area contributed by atoms with Gasteiger partial charge in [0.05, 0.1) is 12.2 Å². The molecule has 0 spiro atoms. The molecule has 0 fully saturated rings. The summed E-state index contributed by atoms with van der Waals surface area (Å²) in [6.07, 6.45) is -0.763. The Kier molecular flexibility index (Phi) is 4.18. The van der Waals surface area contributed by atoms with E-state index in [-0.39, 0.29) is 12.3 Å². The topological polar surface area (TPSA) is 132 Å². The molecular formula is C9H13N3O5. The molecule has 8 heteroatoms. The molecule has 1 amide bonds. The first-order valence-corrected chi connectivity index (χ1v) is 4.88. The van der Waals surface area contributed by atoms with Crippen molar-refractivity contribution in [2.24, 2.45) is 5.73 Å². The first kappa shape index (κ1) is 13.1. The highest BCUT2D eigenvalue weighted by atomic mass is 16.6. The maximum atomic E-state index is 11.4. The molecule has 0 saturated heterocycles. The summed E-state index contributed by atoms with van der Waals surface area (Å²) in [5, 5.41) is 21.8. The number of nitrogens with one attached hydrogen (secondary N) is 1. The molecular weight excluding hydrogens is 230 g/mol. The number of hydrogen-bond acceptors (Lipinski definition) is 6. The van der Waals surface area contributed by atoms with Crippen molar-refractivity contribution in [2.75, 3.05) is 6.54 Å². The lowest BCUT2D eigenvalue weighted by molar-refractivity contribution is -0.402. The van der Waals surface area contributed by atoms with Gasteiger partial charge in [-0.2, -0.15) is 0 Å². The summed E-state index contributed by atoms with van der Waals surface area (Å²) in [7, 11) is 0. The van der Waals surface area contributed by atoms with Crippen molar-refractivity contribution in [2.45, 2.75) is 19.1 Å². The Labute approximate surface area is 96.5 Å². The van der Waals surface area contributed by atoms with Crippen molar-refractivity contribution in [3.8, 4) is 0 Å². The molecule has 1 heterocycles. The lowest BCUT2D eigenvalue weighted by Gasteiger charge is -2.14. The number of nitrogens with zero attached hydrogens (tertiary/aromatic N) is 1. The predicted molar refractivity (Wildman–Crippen MR) is 57.4 cm³/mol. The zero-order chi connectivity index (χ0) is 13.0. The molecule has 0 radical (unpaired) electrons. The second-order valence-corrected chi connectivity index (χ2v) is 3.51. The van der Waals surface area contributed by atoms with Gasteiger partial charge in [-0.15, -0.1) is 0 Å². The number of nitrogens with two attached hydrogens (primary N) is 1. The first-order chi connectivity index (χ1) is 7.91. The van der Waals surface area contributed by atoms with Crippen molar-refractivity contribution in [3.05, 3.63) is 28.0 Å². The Hall–Kier alpha value is -1.93. The van der Waals surface area contributed by atoms with Crippen LogP contribution in [0.2, 0.25) is 0 Å². The van der Waals surface area contributed by atoms with E-state index in [0.717, 1.165) is 6.07 Å². The Morgan fingerprint density at radius 2 is 2.35 bits per heavy atom. The summed E-state index contributed by atoms with van der Waals surface area (Å²) < 4.78 is 4.69. The van der Waals surface area contributed by atoms with Gasteiger partial charge in [0.25, 0.3) is 5.91 Å². The van der Waals surface area contributed by atoms with Crippen LogP contribution < -0.4 is 11.1 Å². The molecule has 4 N–H and O–H groups in total. The Morgan fingerprint density at radius 3 is 2.82 bits per heavy atom. The third kappa shape index (κ3) is 3.54. The molecule has 0 aliphatic heterocycles. The van der Waals surface area contributed by atoms with Crippen molar-refractivity contribution < 1.29 is 19.2 Å². The van der Waals surface area contributed by atoms with Crippen LogP contribution in [-0.2, 0) is 0 Å². The highest BCUT2D eigenvalue weighted by molar-refractivity contribution is 5.91. The fraction of sp³-hybridized carbons (Fsp3) is 0.444. The molecule has 17 heavy (non-hydrogen) atoms. The minimum absolute atomic E-state index is 0.0466. The van der Waals surface area contributed by atoms with E-state index in [0.29, 0.717) is 0 Å². The van der Waals surface area contributed by atoms with Crippen molar-refractivity contribution in [1.29, 1.82) is 0 Å². The Morgan fingerprint density at radius 1 is 1.71 bits per heavy atom. The molecule has 0 bridgehead atoms. The average Bonchev–Trinajstić information content (AvgIpc) is 2.74. The highest BCUT2D eigenvalue weighted by Gasteiger charge is 2.18. The second-order valence-electron chi connectivity index (χ2n) is 3.51. The average molecular weight is 243 g/mol. The number of hydrogen-bond donors (Lipinski definition) is 3. The van der Waals surface area contributed by atoms with E-state index in [1.54, 1.807) is 0 Å². The lowest BCUT2D eigenvalue weighted by atomic mass is 10.2. The van der Waals surface area contributed by atoms with E-state index in [1.807, 2.05) is 0 Å². The Bertz CT molecular complexity index is 415. The highest BCUT2D eigenvalue weighted by Crippen LogP contribution is 2.15. The minimum Gasteiger partial charge on any atom is -0.395 e. The third-order valence-corrected chi connectivity index (χ3v) is 2.11. The summed E-state index contributed by atoms with van der Waals surface area (Å²) in [4.78, 5) is 21.0. The summed E-state index contributed by atoms with van der Waals surface area (Å²) >= 11 is 0. The van der Waals surface area contributed by atoms with Crippen LogP contribution in [-0.4, -0.2) is 34.6 Å². The van der Waals surface area contributed by atoms with Crippen LogP contribution in [0.15, 0.2) is 16.5 Å². The van der Waals surface area contributed by atoms with E-state index >= 15 is 0 Å². The van der Waals surface area contributed by atoms with E-state index in [1.165, 1.54) is 13.0 Å². The molecule has 0 saturated carbocycles. The Balaban J connectivity index is 2.55. The molecule has 2 atom stereocenters. The molecule has 1 aromatic rings. The summed E-state index contributed by atoms with van der Waals surface area (Å²) in [5.41, 5.74) is 5.49. The number of nitro groups is 1. The van der Waals surface area contributed by atoms with Crippen LogP contribution in [0.25, 0.3) is 0 Å². The number of aliphatic hydroxyl groups is 1. The third-order valence-electron chi connectivity index (χ3n) is 2.11. The van der Waals surface area contributed by atoms with Crippen LogP contribution >= 0.6 is 0 Å². The van der Waals surface area contributed by atoms with Gasteiger partial charge in [-0.05, 0) is 13.0 Å². The number of rotatable bonds is 5. The smallest absolute Gasteiger partial charge is 0.395 e. The monoisotopic (exact) mass is 243 g/mol. The number of furan rings is 1. The predicted octanol–water partition coefficient (Wildman–Crippen LogP) is -0.374. The van der Waals surface area contributed by atoms with Crippen molar-refractivity contribution in [3.63, 3.8) is 0 Å². The van der Waals surface area contributed by atoms with Gasteiger partial charge < -0.3 is 20.6 Å². The van der Waals surface area contributed by atoms with Crippen molar-refractivity contribution in [1.82, 2.24) is 5.32 Å². The van der Waals surface area contributed by atoms with E-state index in [4.69, 9.17) is 10.8 Å². The molecule has 2 unspecified atom stereocenters. The summed E-state index contributed by atoms with van der Waals surface area (Å²) in [6.45, 7) is 1.54. The molecule has 0 aliphatic carbocycles. The molecule has 0 aromatic carbocycles. The van der Waals surface area contributed by atoms with E-state index in [9.17, 15) is 14.9 Å². The largest absolute Gasteiger partial charge is 0.433 e. The van der Waals surface area contributed by atoms with Crippen LogP contribution in [0, 0.1) is 10.1 Å². The van der Waals surface area contributed by atoms with Gasteiger partial charge >= 0.3 is 5.88 Å². The van der Waals surface area contributed by atoms with Crippen molar-refractivity contribution >= 4 is 11.8 Å².